The molecule has 74 valence electrons. The largest absolute Gasteiger partial charge is 0.480 e. The minimum Gasteiger partial charge on any atom is -0.480 e. The molecule has 1 aromatic heterocycles. The van der Waals surface area contributed by atoms with Crippen LogP contribution >= 0.6 is 11.3 Å². The van der Waals surface area contributed by atoms with Crippen molar-refractivity contribution in [1.82, 2.24) is 10.2 Å². The van der Waals surface area contributed by atoms with Crippen LogP contribution in [0, 0.1) is 0 Å². The van der Waals surface area contributed by atoms with Gasteiger partial charge in [0.15, 0.2) is 5.01 Å². The predicted molar refractivity (Wildman–Crippen MR) is 58.0 cm³/mol. The standard InChI is InChI=1S/C8H10N4OS/c1-4-5(6(10-2)13-3)7-11-12-8(9)14-7/h4H,1-2H2,3H3,(H2,9,12)/b6-5-. The molecule has 0 spiro atoms. The van der Waals surface area contributed by atoms with Crippen LogP contribution in [-0.4, -0.2) is 24.0 Å². The van der Waals surface area contributed by atoms with E-state index in [1.165, 1.54) is 18.4 Å². The molecular formula is C8H10N4OS. The lowest BCUT2D eigenvalue weighted by Gasteiger charge is -2.02. The van der Waals surface area contributed by atoms with E-state index in [0.29, 0.717) is 21.6 Å². The first-order valence-corrected chi connectivity index (χ1v) is 4.51. The maximum atomic E-state index is 5.46. The van der Waals surface area contributed by atoms with Crippen molar-refractivity contribution in [2.75, 3.05) is 12.8 Å². The zero-order chi connectivity index (χ0) is 10.6. The fourth-order valence-corrected chi connectivity index (χ4v) is 1.51. The van der Waals surface area contributed by atoms with Gasteiger partial charge >= 0.3 is 0 Å². The summed E-state index contributed by atoms with van der Waals surface area (Å²) in [6.07, 6.45) is 1.58. The third kappa shape index (κ3) is 1.97. The molecule has 1 rings (SSSR count). The maximum Gasteiger partial charge on any atom is 0.222 e. The Hall–Kier alpha value is -1.69. The Kier molecular flexibility index (Phi) is 3.35. The Balaban J connectivity index is 3.20. The van der Waals surface area contributed by atoms with Crippen LogP contribution in [0.3, 0.4) is 0 Å². The molecule has 0 atom stereocenters. The van der Waals surface area contributed by atoms with Crippen molar-refractivity contribution in [3.63, 3.8) is 0 Å². The number of hydrogen-bond donors (Lipinski definition) is 1. The molecule has 0 aliphatic heterocycles. The SMILES string of the molecule is C=C/C(=C(\N=C)OC)c1nnc(N)s1. The summed E-state index contributed by atoms with van der Waals surface area (Å²) >= 11 is 1.24. The van der Waals surface area contributed by atoms with Crippen molar-refractivity contribution < 1.29 is 4.74 Å². The molecule has 0 unspecified atom stereocenters. The molecule has 0 aliphatic rings. The third-order valence-corrected chi connectivity index (χ3v) is 2.23. The highest BCUT2D eigenvalue weighted by Gasteiger charge is 2.10. The van der Waals surface area contributed by atoms with Crippen LogP contribution < -0.4 is 5.73 Å². The minimum atomic E-state index is 0.358. The predicted octanol–water partition coefficient (Wildman–Crippen LogP) is 1.32. The molecule has 0 saturated heterocycles. The summed E-state index contributed by atoms with van der Waals surface area (Å²) in [6.45, 7) is 7.01. The molecule has 1 aromatic rings. The molecule has 5 nitrogen and oxygen atoms in total. The van der Waals surface area contributed by atoms with Crippen molar-refractivity contribution in [3.8, 4) is 0 Å². The molecule has 0 bridgehead atoms. The van der Waals surface area contributed by atoms with E-state index in [1.807, 2.05) is 0 Å². The zero-order valence-electron chi connectivity index (χ0n) is 7.73. The molecule has 0 aromatic carbocycles. The van der Waals surface area contributed by atoms with E-state index in [4.69, 9.17) is 10.5 Å². The van der Waals surface area contributed by atoms with Gasteiger partial charge in [0.1, 0.15) is 0 Å². The number of nitrogens with two attached hydrogens (primary N) is 1. The van der Waals surface area contributed by atoms with Crippen LogP contribution in [0.25, 0.3) is 5.57 Å². The van der Waals surface area contributed by atoms with Crippen molar-refractivity contribution in [3.05, 3.63) is 23.5 Å². The lowest BCUT2D eigenvalue weighted by atomic mass is 10.3. The molecule has 0 aliphatic carbocycles. The van der Waals surface area contributed by atoms with Gasteiger partial charge < -0.3 is 10.5 Å². The second-order valence-corrected chi connectivity index (χ2v) is 3.24. The van der Waals surface area contributed by atoms with E-state index in [9.17, 15) is 0 Å². The van der Waals surface area contributed by atoms with Crippen LogP contribution in [0.15, 0.2) is 23.5 Å². The van der Waals surface area contributed by atoms with E-state index < -0.39 is 0 Å². The number of aromatic nitrogens is 2. The highest BCUT2D eigenvalue weighted by molar-refractivity contribution is 7.16. The molecule has 0 saturated carbocycles. The monoisotopic (exact) mass is 210 g/mol. The van der Waals surface area contributed by atoms with Gasteiger partial charge in [0.05, 0.1) is 12.7 Å². The van der Waals surface area contributed by atoms with E-state index in [-0.39, 0.29) is 0 Å². The van der Waals surface area contributed by atoms with Crippen molar-refractivity contribution in [1.29, 1.82) is 0 Å². The van der Waals surface area contributed by atoms with E-state index in [2.05, 4.69) is 28.5 Å². The summed E-state index contributed by atoms with van der Waals surface area (Å²) in [5.74, 6) is 0.358. The number of nitrogens with zero attached hydrogens (tertiary/aromatic N) is 3. The molecule has 0 amide bonds. The van der Waals surface area contributed by atoms with Gasteiger partial charge in [0, 0.05) is 0 Å². The number of rotatable bonds is 4. The Morgan fingerprint density at radius 2 is 2.36 bits per heavy atom. The van der Waals surface area contributed by atoms with E-state index in [1.54, 1.807) is 6.08 Å². The lowest BCUT2D eigenvalue weighted by Crippen LogP contribution is -1.89. The summed E-state index contributed by atoms with van der Waals surface area (Å²) in [4.78, 5) is 3.70. The molecule has 6 heteroatoms. The average Bonchev–Trinajstić information content (AvgIpc) is 2.60. The first-order chi connectivity index (χ1) is 6.72. The number of aliphatic imine (C=N–C) groups is 1. The maximum absolute atomic E-state index is 5.46. The van der Waals surface area contributed by atoms with Crippen molar-refractivity contribution in [2.45, 2.75) is 0 Å². The number of hydrogen-bond acceptors (Lipinski definition) is 6. The Morgan fingerprint density at radius 1 is 1.64 bits per heavy atom. The van der Waals surface area contributed by atoms with Crippen molar-refractivity contribution in [2.24, 2.45) is 4.99 Å². The number of ether oxygens (including phenoxy) is 1. The summed E-state index contributed by atoms with van der Waals surface area (Å²) in [6, 6.07) is 0. The average molecular weight is 210 g/mol. The number of anilines is 1. The van der Waals surface area contributed by atoms with Crippen LogP contribution in [0.4, 0.5) is 5.13 Å². The second-order valence-electron chi connectivity index (χ2n) is 2.23. The van der Waals surface area contributed by atoms with Gasteiger partial charge in [-0.3, -0.25) is 0 Å². The highest BCUT2D eigenvalue weighted by Crippen LogP contribution is 2.24. The smallest absolute Gasteiger partial charge is 0.222 e. The molecule has 14 heavy (non-hydrogen) atoms. The molecular weight excluding hydrogens is 200 g/mol. The third-order valence-electron chi connectivity index (χ3n) is 1.44. The van der Waals surface area contributed by atoms with Crippen LogP contribution in [0.2, 0.25) is 0 Å². The summed E-state index contributed by atoms with van der Waals surface area (Å²) in [7, 11) is 1.50. The molecule has 0 fully saturated rings. The topological polar surface area (TPSA) is 73.4 Å². The Morgan fingerprint density at radius 3 is 2.71 bits per heavy atom. The van der Waals surface area contributed by atoms with Crippen LogP contribution in [-0.2, 0) is 4.74 Å². The van der Waals surface area contributed by atoms with Crippen molar-refractivity contribution >= 4 is 28.8 Å². The highest BCUT2D eigenvalue weighted by atomic mass is 32.1. The lowest BCUT2D eigenvalue weighted by molar-refractivity contribution is 0.292. The van der Waals surface area contributed by atoms with Gasteiger partial charge in [0.2, 0.25) is 11.0 Å². The molecule has 2 N–H and O–H groups in total. The molecule has 0 radical (unpaired) electrons. The van der Waals surface area contributed by atoms with Gasteiger partial charge in [-0.15, -0.1) is 10.2 Å². The molecule has 1 heterocycles. The summed E-state index contributed by atoms with van der Waals surface area (Å²) < 4.78 is 4.99. The second kappa shape index (κ2) is 4.52. The number of methoxy groups -OCH3 is 1. The number of nitrogen functional groups attached to an aromatic ring is 1. The fourth-order valence-electron chi connectivity index (χ4n) is 0.869. The Bertz CT molecular complexity index is 382. The normalized spacial score (nSPS) is 11.8. The van der Waals surface area contributed by atoms with Crippen LogP contribution in [0.5, 0.6) is 0 Å². The summed E-state index contributed by atoms with van der Waals surface area (Å²) in [5.41, 5.74) is 6.09. The fraction of sp³-hybridized carbons (Fsp3) is 0.125. The van der Waals surface area contributed by atoms with E-state index >= 15 is 0 Å². The minimum absolute atomic E-state index is 0.358. The number of allylic oxidation sites excluding steroid dienone is 2. The first-order valence-electron chi connectivity index (χ1n) is 3.69. The van der Waals surface area contributed by atoms with Gasteiger partial charge in [-0.25, -0.2) is 4.99 Å². The first kappa shape index (κ1) is 10.4. The van der Waals surface area contributed by atoms with Gasteiger partial charge in [-0.2, -0.15) is 0 Å². The quantitative estimate of drug-likeness (QED) is 0.462. The van der Waals surface area contributed by atoms with E-state index in [0.717, 1.165) is 0 Å². The zero-order valence-corrected chi connectivity index (χ0v) is 8.54. The van der Waals surface area contributed by atoms with Gasteiger partial charge in [-0.1, -0.05) is 24.0 Å². The van der Waals surface area contributed by atoms with Gasteiger partial charge in [0.25, 0.3) is 0 Å². The van der Waals surface area contributed by atoms with Crippen LogP contribution in [0.1, 0.15) is 5.01 Å². The van der Waals surface area contributed by atoms with Gasteiger partial charge in [-0.05, 0) is 6.72 Å². The summed E-state index contributed by atoms with van der Waals surface area (Å²) in [5, 5.41) is 8.53. The Labute approximate surface area is 85.6 Å².